The SMILES string of the molecule is Cc1ccc2c(c1)C1(c3cccc(S(C)(=O)=O)c3)OCCN1C2=O. The van der Waals surface area contributed by atoms with E-state index >= 15 is 0 Å². The molecule has 1 atom stereocenters. The normalized spacial score (nSPS) is 22.6. The molecular weight excluding hydrogens is 326 g/mol. The zero-order valence-corrected chi connectivity index (χ0v) is 14.3. The van der Waals surface area contributed by atoms with Crippen molar-refractivity contribution in [2.75, 3.05) is 19.4 Å². The first-order valence-corrected chi connectivity index (χ1v) is 9.61. The van der Waals surface area contributed by atoms with Crippen LogP contribution in [0.3, 0.4) is 0 Å². The lowest BCUT2D eigenvalue weighted by Crippen LogP contribution is -2.40. The van der Waals surface area contributed by atoms with Crippen molar-refractivity contribution in [2.24, 2.45) is 0 Å². The van der Waals surface area contributed by atoms with Crippen LogP contribution in [0.15, 0.2) is 47.4 Å². The molecule has 4 rings (SSSR count). The van der Waals surface area contributed by atoms with E-state index in [0.717, 1.165) is 11.1 Å². The highest BCUT2D eigenvalue weighted by Crippen LogP contribution is 2.48. The predicted octanol–water partition coefficient (Wildman–Crippen LogP) is 2.09. The number of aryl methyl sites for hydroxylation is 1. The quantitative estimate of drug-likeness (QED) is 0.838. The van der Waals surface area contributed by atoms with Crippen LogP contribution in [0.2, 0.25) is 0 Å². The van der Waals surface area contributed by atoms with E-state index in [2.05, 4.69) is 0 Å². The molecule has 1 amide bonds. The molecule has 0 saturated carbocycles. The molecule has 0 bridgehead atoms. The van der Waals surface area contributed by atoms with Gasteiger partial charge in [-0.2, -0.15) is 0 Å². The van der Waals surface area contributed by atoms with Gasteiger partial charge in [0, 0.05) is 29.5 Å². The highest BCUT2D eigenvalue weighted by molar-refractivity contribution is 7.90. The molecule has 0 spiro atoms. The van der Waals surface area contributed by atoms with Crippen LogP contribution in [-0.4, -0.2) is 38.6 Å². The van der Waals surface area contributed by atoms with E-state index in [9.17, 15) is 13.2 Å². The molecule has 1 saturated heterocycles. The van der Waals surface area contributed by atoms with E-state index in [0.29, 0.717) is 24.3 Å². The van der Waals surface area contributed by atoms with Gasteiger partial charge in [-0.05, 0) is 25.1 Å². The van der Waals surface area contributed by atoms with Crippen LogP contribution in [0, 0.1) is 6.92 Å². The molecular formula is C18H17NO4S. The van der Waals surface area contributed by atoms with Crippen LogP contribution < -0.4 is 0 Å². The Morgan fingerprint density at radius 1 is 1.17 bits per heavy atom. The molecule has 0 N–H and O–H groups in total. The lowest BCUT2D eigenvalue weighted by Gasteiger charge is -2.32. The second-order valence-corrected chi connectivity index (χ2v) is 8.31. The fourth-order valence-electron chi connectivity index (χ4n) is 3.59. The molecule has 0 aromatic heterocycles. The Labute approximate surface area is 140 Å². The number of carbonyl (C=O) groups excluding carboxylic acids is 1. The molecule has 24 heavy (non-hydrogen) atoms. The summed E-state index contributed by atoms with van der Waals surface area (Å²) in [7, 11) is -3.34. The molecule has 2 aromatic rings. The van der Waals surface area contributed by atoms with Crippen molar-refractivity contribution in [1.29, 1.82) is 0 Å². The van der Waals surface area contributed by atoms with Crippen LogP contribution in [0.4, 0.5) is 0 Å². The maximum atomic E-state index is 12.8. The van der Waals surface area contributed by atoms with Gasteiger partial charge in [0.1, 0.15) is 0 Å². The molecule has 0 aliphatic carbocycles. The number of hydrogen-bond acceptors (Lipinski definition) is 4. The lowest BCUT2D eigenvalue weighted by atomic mass is 9.93. The van der Waals surface area contributed by atoms with Crippen molar-refractivity contribution in [3.05, 3.63) is 64.7 Å². The number of fused-ring (bicyclic) bond motifs is 3. The van der Waals surface area contributed by atoms with Crippen molar-refractivity contribution < 1.29 is 17.9 Å². The highest BCUT2D eigenvalue weighted by Gasteiger charge is 2.55. The largest absolute Gasteiger partial charge is 0.345 e. The number of nitrogens with zero attached hydrogens (tertiary/aromatic N) is 1. The first-order chi connectivity index (χ1) is 11.3. The molecule has 2 aromatic carbocycles. The maximum Gasteiger partial charge on any atom is 0.257 e. The monoisotopic (exact) mass is 343 g/mol. The van der Waals surface area contributed by atoms with Crippen LogP contribution >= 0.6 is 0 Å². The zero-order valence-electron chi connectivity index (χ0n) is 13.4. The number of benzene rings is 2. The van der Waals surface area contributed by atoms with Gasteiger partial charge in [-0.1, -0.05) is 29.8 Å². The van der Waals surface area contributed by atoms with E-state index in [1.807, 2.05) is 31.2 Å². The third-order valence-electron chi connectivity index (χ3n) is 4.68. The standard InChI is InChI=1S/C18H17NO4S/c1-12-6-7-15-16(10-12)18(19(17(15)20)8-9-23-18)13-4-3-5-14(11-13)24(2,21)22/h3-7,10-11H,8-9H2,1-2H3. The van der Waals surface area contributed by atoms with E-state index in [1.54, 1.807) is 23.1 Å². The summed E-state index contributed by atoms with van der Waals surface area (Å²) < 4.78 is 29.9. The average Bonchev–Trinajstić information content (AvgIpc) is 3.07. The summed E-state index contributed by atoms with van der Waals surface area (Å²) in [6, 6.07) is 12.3. The Bertz CT molecular complexity index is 967. The molecule has 0 radical (unpaired) electrons. The molecule has 124 valence electrons. The zero-order chi connectivity index (χ0) is 17.1. The Kier molecular flexibility index (Phi) is 3.14. The average molecular weight is 343 g/mol. The topological polar surface area (TPSA) is 63.7 Å². The summed E-state index contributed by atoms with van der Waals surface area (Å²) >= 11 is 0. The number of amides is 1. The van der Waals surface area contributed by atoms with Crippen molar-refractivity contribution in [2.45, 2.75) is 17.5 Å². The second kappa shape index (κ2) is 4.91. The number of carbonyl (C=O) groups is 1. The van der Waals surface area contributed by atoms with Crippen LogP contribution in [0.1, 0.15) is 27.0 Å². The van der Waals surface area contributed by atoms with Crippen molar-refractivity contribution >= 4 is 15.7 Å². The number of sulfone groups is 1. The van der Waals surface area contributed by atoms with Crippen molar-refractivity contribution in [1.82, 2.24) is 4.90 Å². The van der Waals surface area contributed by atoms with Gasteiger partial charge in [-0.3, -0.25) is 9.69 Å². The Morgan fingerprint density at radius 2 is 1.96 bits per heavy atom. The molecule has 6 heteroatoms. The van der Waals surface area contributed by atoms with Gasteiger partial charge in [0.2, 0.25) is 0 Å². The van der Waals surface area contributed by atoms with Crippen LogP contribution in [0.25, 0.3) is 0 Å². The summed E-state index contributed by atoms with van der Waals surface area (Å²) in [5.41, 5.74) is 2.07. The summed E-state index contributed by atoms with van der Waals surface area (Å²) in [5.74, 6) is -0.0766. The minimum absolute atomic E-state index is 0.0766. The van der Waals surface area contributed by atoms with Crippen LogP contribution in [-0.2, 0) is 20.3 Å². The van der Waals surface area contributed by atoms with E-state index < -0.39 is 15.6 Å². The predicted molar refractivity (Wildman–Crippen MR) is 88.5 cm³/mol. The summed E-state index contributed by atoms with van der Waals surface area (Å²) in [6.07, 6.45) is 1.18. The Hall–Kier alpha value is -2.18. The van der Waals surface area contributed by atoms with Crippen molar-refractivity contribution in [3.63, 3.8) is 0 Å². The van der Waals surface area contributed by atoms with Gasteiger partial charge in [-0.15, -0.1) is 0 Å². The first kappa shape index (κ1) is 15.4. The Balaban J connectivity index is 2.00. The smallest absolute Gasteiger partial charge is 0.257 e. The number of hydrogen-bond donors (Lipinski definition) is 0. The van der Waals surface area contributed by atoms with E-state index in [4.69, 9.17) is 4.74 Å². The molecule has 2 heterocycles. The van der Waals surface area contributed by atoms with Crippen molar-refractivity contribution in [3.8, 4) is 0 Å². The van der Waals surface area contributed by atoms with Gasteiger partial charge < -0.3 is 4.74 Å². The number of ether oxygens (including phenoxy) is 1. The third-order valence-corrected chi connectivity index (χ3v) is 5.79. The van der Waals surface area contributed by atoms with E-state index in [1.165, 1.54) is 6.26 Å². The third kappa shape index (κ3) is 1.96. The molecule has 2 aliphatic heterocycles. The van der Waals surface area contributed by atoms with Crippen LogP contribution in [0.5, 0.6) is 0 Å². The summed E-state index contributed by atoms with van der Waals surface area (Å²) in [5, 5.41) is 0. The maximum absolute atomic E-state index is 12.8. The number of rotatable bonds is 2. The van der Waals surface area contributed by atoms with Gasteiger partial charge in [-0.25, -0.2) is 8.42 Å². The highest BCUT2D eigenvalue weighted by atomic mass is 32.2. The minimum Gasteiger partial charge on any atom is -0.345 e. The fraction of sp³-hybridized carbons (Fsp3) is 0.278. The Morgan fingerprint density at radius 3 is 2.71 bits per heavy atom. The molecule has 2 aliphatic rings. The van der Waals surface area contributed by atoms with Gasteiger partial charge in [0.15, 0.2) is 15.6 Å². The van der Waals surface area contributed by atoms with E-state index in [-0.39, 0.29) is 10.8 Å². The molecule has 5 nitrogen and oxygen atoms in total. The fourth-order valence-corrected chi connectivity index (χ4v) is 4.26. The first-order valence-electron chi connectivity index (χ1n) is 7.72. The lowest BCUT2D eigenvalue weighted by molar-refractivity contribution is -0.0305. The van der Waals surface area contributed by atoms with Gasteiger partial charge in [0.05, 0.1) is 11.5 Å². The minimum atomic E-state index is -3.34. The van der Waals surface area contributed by atoms with Gasteiger partial charge in [0.25, 0.3) is 5.91 Å². The van der Waals surface area contributed by atoms with Gasteiger partial charge >= 0.3 is 0 Å². The molecule has 1 fully saturated rings. The second-order valence-electron chi connectivity index (χ2n) is 6.30. The molecule has 1 unspecified atom stereocenters. The summed E-state index contributed by atoms with van der Waals surface area (Å²) in [6.45, 7) is 2.86. The summed E-state index contributed by atoms with van der Waals surface area (Å²) in [4.78, 5) is 14.7.